The number of halogens is 1. The van der Waals surface area contributed by atoms with Gasteiger partial charge in [-0.1, -0.05) is 0 Å². The number of hydrogen-bond acceptors (Lipinski definition) is 3. The van der Waals surface area contributed by atoms with E-state index in [1.54, 1.807) is 6.07 Å². The summed E-state index contributed by atoms with van der Waals surface area (Å²) in [6.45, 7) is 1.63. The summed E-state index contributed by atoms with van der Waals surface area (Å²) in [4.78, 5) is 13.1. The lowest BCUT2D eigenvalue weighted by Crippen LogP contribution is -2.28. The maximum atomic E-state index is 13.1. The molecule has 1 unspecified atom stereocenters. The monoisotopic (exact) mass is 237 g/mol. The smallest absolute Gasteiger partial charge is 0.222 e. The minimum absolute atomic E-state index is 0.120. The Hall–Kier alpha value is -1.62. The molecule has 4 nitrogen and oxygen atoms in total. The summed E-state index contributed by atoms with van der Waals surface area (Å²) >= 11 is 0. The number of primary amides is 1. The predicted octanol–water partition coefficient (Wildman–Crippen LogP) is 0.596. The maximum absolute atomic E-state index is 13.1. The standard InChI is InChI=1S/C12H16FN3O/c13-10-1-2-11(9(5-10)6-14)16-4-3-8(7-16)12(15)17/h1-2,5,8H,3-4,6-7,14H2,(H2,15,17). The first-order valence-electron chi connectivity index (χ1n) is 5.64. The number of hydrogen-bond donors (Lipinski definition) is 2. The first-order chi connectivity index (χ1) is 8.11. The SMILES string of the molecule is NCc1cc(F)ccc1N1CCC(C(N)=O)C1. The van der Waals surface area contributed by atoms with E-state index in [4.69, 9.17) is 11.5 Å². The largest absolute Gasteiger partial charge is 0.370 e. The van der Waals surface area contributed by atoms with Gasteiger partial charge in [-0.25, -0.2) is 4.39 Å². The fraction of sp³-hybridized carbons (Fsp3) is 0.417. The molecule has 0 spiro atoms. The first-order valence-corrected chi connectivity index (χ1v) is 5.64. The summed E-state index contributed by atoms with van der Waals surface area (Å²) in [5, 5.41) is 0. The van der Waals surface area contributed by atoms with Gasteiger partial charge in [0.05, 0.1) is 5.92 Å². The van der Waals surface area contributed by atoms with Gasteiger partial charge in [0.15, 0.2) is 0 Å². The molecular formula is C12H16FN3O. The van der Waals surface area contributed by atoms with Crippen LogP contribution in [0.25, 0.3) is 0 Å². The van der Waals surface area contributed by atoms with Gasteiger partial charge in [0.1, 0.15) is 5.82 Å². The molecule has 2 rings (SSSR count). The van der Waals surface area contributed by atoms with E-state index in [0.717, 1.165) is 24.2 Å². The van der Waals surface area contributed by atoms with Gasteiger partial charge in [0, 0.05) is 25.3 Å². The molecule has 1 aromatic carbocycles. The van der Waals surface area contributed by atoms with Gasteiger partial charge in [0.25, 0.3) is 0 Å². The van der Waals surface area contributed by atoms with E-state index >= 15 is 0 Å². The second-order valence-electron chi connectivity index (χ2n) is 4.31. The van der Waals surface area contributed by atoms with Crippen molar-refractivity contribution in [2.75, 3.05) is 18.0 Å². The lowest BCUT2D eigenvalue weighted by atomic mass is 10.1. The number of nitrogens with zero attached hydrogens (tertiary/aromatic N) is 1. The number of amides is 1. The van der Waals surface area contributed by atoms with E-state index < -0.39 is 0 Å². The highest BCUT2D eigenvalue weighted by molar-refractivity contribution is 5.78. The van der Waals surface area contributed by atoms with Crippen molar-refractivity contribution in [3.8, 4) is 0 Å². The van der Waals surface area contributed by atoms with Gasteiger partial charge in [-0.15, -0.1) is 0 Å². The van der Waals surface area contributed by atoms with E-state index in [1.165, 1.54) is 12.1 Å². The summed E-state index contributed by atoms with van der Waals surface area (Å²) < 4.78 is 13.1. The molecule has 1 aromatic rings. The van der Waals surface area contributed by atoms with Gasteiger partial charge in [-0.05, 0) is 30.2 Å². The molecule has 5 heteroatoms. The number of carbonyl (C=O) groups excluding carboxylic acids is 1. The molecular weight excluding hydrogens is 221 g/mol. The molecule has 0 radical (unpaired) electrons. The zero-order valence-electron chi connectivity index (χ0n) is 9.53. The number of carbonyl (C=O) groups is 1. The van der Waals surface area contributed by atoms with Crippen molar-refractivity contribution in [1.29, 1.82) is 0 Å². The highest BCUT2D eigenvalue weighted by Crippen LogP contribution is 2.27. The molecule has 17 heavy (non-hydrogen) atoms. The van der Waals surface area contributed by atoms with Gasteiger partial charge in [-0.3, -0.25) is 4.79 Å². The fourth-order valence-electron chi connectivity index (χ4n) is 2.24. The van der Waals surface area contributed by atoms with Crippen molar-refractivity contribution in [2.24, 2.45) is 17.4 Å². The Labute approximate surface area is 99.4 Å². The average molecular weight is 237 g/mol. The van der Waals surface area contributed by atoms with E-state index in [1.807, 2.05) is 4.90 Å². The van der Waals surface area contributed by atoms with E-state index in [0.29, 0.717) is 6.54 Å². The summed E-state index contributed by atoms with van der Waals surface area (Å²) in [7, 11) is 0. The Morgan fingerprint density at radius 1 is 1.53 bits per heavy atom. The molecule has 1 fully saturated rings. The number of benzene rings is 1. The molecule has 1 heterocycles. The van der Waals surface area contributed by atoms with Crippen LogP contribution in [0.4, 0.5) is 10.1 Å². The third-order valence-corrected chi connectivity index (χ3v) is 3.19. The molecule has 1 atom stereocenters. The van der Waals surface area contributed by atoms with Crippen molar-refractivity contribution >= 4 is 11.6 Å². The van der Waals surface area contributed by atoms with Gasteiger partial charge >= 0.3 is 0 Å². The van der Waals surface area contributed by atoms with Crippen LogP contribution in [0.3, 0.4) is 0 Å². The topological polar surface area (TPSA) is 72.3 Å². The Morgan fingerprint density at radius 3 is 2.88 bits per heavy atom. The molecule has 4 N–H and O–H groups in total. The van der Waals surface area contributed by atoms with Crippen LogP contribution in [-0.4, -0.2) is 19.0 Å². The van der Waals surface area contributed by atoms with Gasteiger partial charge in [-0.2, -0.15) is 0 Å². The lowest BCUT2D eigenvalue weighted by molar-refractivity contribution is -0.121. The van der Waals surface area contributed by atoms with Crippen LogP contribution < -0.4 is 16.4 Å². The van der Waals surface area contributed by atoms with Gasteiger partial charge in [0.2, 0.25) is 5.91 Å². The Balaban J connectivity index is 2.21. The number of rotatable bonds is 3. The van der Waals surface area contributed by atoms with E-state index in [9.17, 15) is 9.18 Å². The molecule has 1 saturated heterocycles. The molecule has 0 saturated carbocycles. The van der Waals surface area contributed by atoms with Gasteiger partial charge < -0.3 is 16.4 Å². The lowest BCUT2D eigenvalue weighted by Gasteiger charge is -2.21. The minimum atomic E-state index is -0.292. The van der Waals surface area contributed by atoms with Crippen LogP contribution in [0, 0.1) is 11.7 Å². The predicted molar refractivity (Wildman–Crippen MR) is 63.8 cm³/mol. The summed E-state index contributed by atoms with van der Waals surface area (Å²) in [6.07, 6.45) is 0.747. The number of nitrogens with two attached hydrogens (primary N) is 2. The van der Waals surface area contributed by atoms with E-state index in [2.05, 4.69) is 0 Å². The fourth-order valence-corrected chi connectivity index (χ4v) is 2.24. The average Bonchev–Trinajstić information content (AvgIpc) is 2.78. The quantitative estimate of drug-likeness (QED) is 0.808. The molecule has 0 aromatic heterocycles. The molecule has 0 bridgehead atoms. The van der Waals surface area contributed by atoms with Crippen molar-refractivity contribution in [3.63, 3.8) is 0 Å². The molecule has 1 aliphatic heterocycles. The molecule has 1 amide bonds. The molecule has 0 aliphatic carbocycles. The molecule has 1 aliphatic rings. The van der Waals surface area contributed by atoms with Crippen molar-refractivity contribution in [3.05, 3.63) is 29.6 Å². The van der Waals surface area contributed by atoms with E-state index in [-0.39, 0.29) is 24.2 Å². The minimum Gasteiger partial charge on any atom is -0.370 e. The Kier molecular flexibility index (Phi) is 3.28. The normalized spacial score (nSPS) is 19.6. The van der Waals surface area contributed by atoms with Crippen LogP contribution >= 0.6 is 0 Å². The maximum Gasteiger partial charge on any atom is 0.222 e. The van der Waals surface area contributed by atoms with Crippen molar-refractivity contribution in [1.82, 2.24) is 0 Å². The van der Waals surface area contributed by atoms with Crippen LogP contribution in [0.1, 0.15) is 12.0 Å². The highest BCUT2D eigenvalue weighted by atomic mass is 19.1. The summed E-state index contributed by atoms with van der Waals surface area (Å²) in [6, 6.07) is 4.56. The van der Waals surface area contributed by atoms with Crippen LogP contribution in [-0.2, 0) is 11.3 Å². The second kappa shape index (κ2) is 4.71. The number of anilines is 1. The first kappa shape index (κ1) is 11.9. The Morgan fingerprint density at radius 2 is 2.29 bits per heavy atom. The third kappa shape index (κ3) is 2.39. The molecule has 92 valence electrons. The summed E-state index contributed by atoms with van der Waals surface area (Å²) in [5.41, 5.74) is 12.5. The third-order valence-electron chi connectivity index (χ3n) is 3.19. The second-order valence-corrected chi connectivity index (χ2v) is 4.31. The zero-order valence-corrected chi connectivity index (χ0v) is 9.53. The van der Waals surface area contributed by atoms with Crippen molar-refractivity contribution in [2.45, 2.75) is 13.0 Å². The van der Waals surface area contributed by atoms with Crippen LogP contribution in [0.5, 0.6) is 0 Å². The zero-order chi connectivity index (χ0) is 12.4. The van der Waals surface area contributed by atoms with Crippen LogP contribution in [0.15, 0.2) is 18.2 Å². The highest BCUT2D eigenvalue weighted by Gasteiger charge is 2.27. The Bertz CT molecular complexity index is 436. The van der Waals surface area contributed by atoms with Crippen LogP contribution in [0.2, 0.25) is 0 Å². The summed E-state index contributed by atoms with van der Waals surface area (Å²) in [5.74, 6) is -0.686. The van der Waals surface area contributed by atoms with Crippen molar-refractivity contribution < 1.29 is 9.18 Å².